The molecule has 35 heavy (non-hydrogen) atoms. The largest absolute Gasteiger partial charge is 0.396 e. The molecule has 2 aromatic carbocycles. The van der Waals surface area contributed by atoms with Gasteiger partial charge >= 0.3 is 0 Å². The molecule has 1 unspecified atom stereocenters. The Morgan fingerprint density at radius 1 is 1.17 bits per heavy atom. The third kappa shape index (κ3) is 5.78. The summed E-state index contributed by atoms with van der Waals surface area (Å²) in [5.74, 6) is -0.693. The van der Waals surface area contributed by atoms with E-state index in [2.05, 4.69) is 15.3 Å². The number of rotatable bonds is 7. The first-order valence-corrected chi connectivity index (χ1v) is 12.0. The summed E-state index contributed by atoms with van der Waals surface area (Å²) in [6.45, 7) is -0.173. The van der Waals surface area contributed by atoms with Crippen LogP contribution >= 0.6 is 11.6 Å². The minimum absolute atomic E-state index is 0.167. The number of nitrogens with one attached hydrogen (secondary N) is 1. The van der Waals surface area contributed by atoms with Crippen LogP contribution in [-0.4, -0.2) is 39.3 Å². The zero-order valence-corrected chi connectivity index (χ0v) is 19.9. The molecule has 0 spiro atoms. The van der Waals surface area contributed by atoms with Gasteiger partial charge < -0.3 is 21.3 Å². The highest BCUT2D eigenvalue weighted by Gasteiger charge is 2.24. The molecule has 0 aliphatic heterocycles. The van der Waals surface area contributed by atoms with Crippen molar-refractivity contribution in [2.75, 3.05) is 18.9 Å². The Morgan fingerprint density at radius 2 is 1.94 bits per heavy atom. The Kier molecular flexibility index (Phi) is 7.95. The monoisotopic (exact) mass is 498 g/mol. The minimum Gasteiger partial charge on any atom is -0.396 e. The fourth-order valence-corrected chi connectivity index (χ4v) is 4.70. The lowest BCUT2D eigenvalue weighted by molar-refractivity contribution is 0.0912. The van der Waals surface area contributed by atoms with Crippen LogP contribution in [0.15, 0.2) is 48.7 Å². The van der Waals surface area contributed by atoms with Crippen molar-refractivity contribution >= 4 is 23.3 Å². The van der Waals surface area contributed by atoms with Gasteiger partial charge in [-0.1, -0.05) is 29.8 Å². The zero-order valence-electron chi connectivity index (χ0n) is 19.1. The molecule has 1 aromatic heterocycles. The maximum atomic E-state index is 15.0. The van der Waals surface area contributed by atoms with E-state index in [1.807, 2.05) is 0 Å². The topological polar surface area (TPSA) is 121 Å². The van der Waals surface area contributed by atoms with Crippen LogP contribution in [0.1, 0.15) is 59.3 Å². The Bertz CT molecular complexity index is 1200. The van der Waals surface area contributed by atoms with Gasteiger partial charge in [0.25, 0.3) is 5.91 Å². The molecule has 1 aliphatic carbocycles. The number of hydrogen-bond donors (Lipinski definition) is 4. The molecule has 5 N–H and O–H groups in total. The lowest BCUT2D eigenvalue weighted by Crippen LogP contribution is -2.31. The number of aromatic nitrogens is 2. The number of aliphatic hydroxyl groups is 2. The lowest BCUT2D eigenvalue weighted by Gasteiger charge is -2.27. The average molecular weight is 499 g/mol. The summed E-state index contributed by atoms with van der Waals surface area (Å²) in [4.78, 5) is 21.7. The van der Waals surface area contributed by atoms with Crippen LogP contribution in [0.25, 0.3) is 11.3 Å². The number of anilines is 1. The van der Waals surface area contributed by atoms with Crippen LogP contribution in [0, 0.1) is 11.7 Å². The van der Waals surface area contributed by atoms with Gasteiger partial charge in [-0.2, -0.15) is 0 Å². The van der Waals surface area contributed by atoms with E-state index in [0.717, 1.165) is 31.4 Å². The molecule has 1 saturated carbocycles. The van der Waals surface area contributed by atoms with E-state index >= 15 is 4.39 Å². The van der Waals surface area contributed by atoms with E-state index in [1.54, 1.807) is 36.5 Å². The number of nitrogens with two attached hydrogens (primary N) is 1. The lowest BCUT2D eigenvalue weighted by atomic mass is 9.81. The summed E-state index contributed by atoms with van der Waals surface area (Å²) in [7, 11) is 0. The van der Waals surface area contributed by atoms with Crippen molar-refractivity contribution in [2.45, 2.75) is 37.6 Å². The second-order valence-corrected chi connectivity index (χ2v) is 9.32. The maximum absolute atomic E-state index is 15.0. The molecule has 9 heteroatoms. The van der Waals surface area contributed by atoms with Crippen LogP contribution in [0.2, 0.25) is 5.02 Å². The summed E-state index contributed by atoms with van der Waals surface area (Å²) < 4.78 is 15.0. The highest BCUT2D eigenvalue weighted by molar-refractivity contribution is 6.30. The van der Waals surface area contributed by atoms with Crippen molar-refractivity contribution in [3.63, 3.8) is 0 Å². The Balaban J connectivity index is 1.53. The number of nitrogens with zero attached hydrogens (tertiary/aromatic N) is 2. The molecule has 1 atom stereocenters. The molecule has 1 fully saturated rings. The van der Waals surface area contributed by atoms with E-state index in [-0.39, 0.29) is 30.5 Å². The number of aliphatic hydroxyl groups excluding tert-OH is 2. The number of nitrogen functional groups attached to an aromatic ring is 1. The van der Waals surface area contributed by atoms with Gasteiger partial charge in [-0.15, -0.1) is 0 Å². The Labute approximate surface area is 208 Å². The van der Waals surface area contributed by atoms with Gasteiger partial charge in [0, 0.05) is 23.1 Å². The van der Waals surface area contributed by atoms with Crippen molar-refractivity contribution in [3.8, 4) is 11.3 Å². The highest BCUT2D eigenvalue weighted by atomic mass is 35.5. The number of carbonyl (C=O) groups is 1. The molecule has 4 rings (SSSR count). The summed E-state index contributed by atoms with van der Waals surface area (Å²) in [6, 6.07) is 10.2. The van der Waals surface area contributed by atoms with Gasteiger partial charge in [0.1, 0.15) is 17.3 Å². The van der Waals surface area contributed by atoms with E-state index in [4.69, 9.17) is 17.3 Å². The summed E-state index contributed by atoms with van der Waals surface area (Å²) >= 11 is 6.00. The second-order valence-electron chi connectivity index (χ2n) is 8.89. The molecular formula is C26H28ClFN4O3. The van der Waals surface area contributed by atoms with Crippen LogP contribution < -0.4 is 11.1 Å². The second kappa shape index (κ2) is 11.1. The summed E-state index contributed by atoms with van der Waals surface area (Å²) in [6.07, 6.45) is 5.30. The van der Waals surface area contributed by atoms with E-state index < -0.39 is 17.8 Å². The van der Waals surface area contributed by atoms with Crippen LogP contribution in [0.4, 0.5) is 10.2 Å². The molecular weight excluding hydrogens is 471 g/mol. The van der Waals surface area contributed by atoms with Gasteiger partial charge in [0.15, 0.2) is 0 Å². The normalized spacial score (nSPS) is 18.7. The van der Waals surface area contributed by atoms with Gasteiger partial charge in [0.2, 0.25) is 0 Å². The first-order valence-electron chi connectivity index (χ1n) is 11.6. The van der Waals surface area contributed by atoms with Crippen molar-refractivity contribution < 1.29 is 19.4 Å². The van der Waals surface area contributed by atoms with Gasteiger partial charge in [0.05, 0.1) is 30.1 Å². The SMILES string of the molecule is Nc1ncc(C2CCC(CO)CC2)nc1-c1ccc(C(=O)NC(CO)c2cccc(Cl)c2)c(F)c1. The first-order chi connectivity index (χ1) is 16.9. The van der Waals surface area contributed by atoms with Crippen LogP contribution in [0.5, 0.6) is 0 Å². The number of hydrogen-bond acceptors (Lipinski definition) is 6. The Hall–Kier alpha value is -3.07. The minimum atomic E-state index is -0.738. The number of halogens is 2. The molecule has 7 nitrogen and oxygen atoms in total. The predicted molar refractivity (Wildman–Crippen MR) is 132 cm³/mol. The van der Waals surface area contributed by atoms with Gasteiger partial charge in [-0.25, -0.2) is 14.4 Å². The van der Waals surface area contributed by atoms with Crippen molar-refractivity contribution in [2.24, 2.45) is 5.92 Å². The molecule has 184 valence electrons. The molecule has 0 saturated heterocycles. The highest BCUT2D eigenvalue weighted by Crippen LogP contribution is 2.36. The van der Waals surface area contributed by atoms with Crippen LogP contribution in [0.3, 0.4) is 0 Å². The van der Waals surface area contributed by atoms with Crippen molar-refractivity contribution in [1.29, 1.82) is 0 Å². The van der Waals surface area contributed by atoms with Gasteiger partial charge in [-0.05, 0) is 61.4 Å². The number of benzene rings is 2. The standard InChI is InChI=1S/C26H28ClFN4O3/c27-19-3-1-2-17(10-19)23(14-34)32-26(35)20-9-8-18(11-21(20)28)24-25(29)30-12-22(31-24)16-6-4-15(13-33)5-7-16/h1-3,8-12,15-16,23,33-34H,4-7,13-14H2,(H2,29,30)(H,32,35). The molecule has 1 amide bonds. The summed E-state index contributed by atoms with van der Waals surface area (Å²) in [5, 5.41) is 22.2. The smallest absolute Gasteiger partial charge is 0.254 e. The first kappa shape index (κ1) is 25.0. The number of carbonyl (C=O) groups excluding carboxylic acids is 1. The quantitative estimate of drug-likeness (QED) is 0.386. The Morgan fingerprint density at radius 3 is 2.60 bits per heavy atom. The molecule has 0 bridgehead atoms. The fraction of sp³-hybridized carbons (Fsp3) is 0.346. The maximum Gasteiger partial charge on any atom is 0.254 e. The molecule has 0 radical (unpaired) electrons. The van der Waals surface area contributed by atoms with E-state index in [1.165, 1.54) is 12.1 Å². The van der Waals surface area contributed by atoms with Crippen molar-refractivity contribution in [1.82, 2.24) is 15.3 Å². The third-order valence-electron chi connectivity index (χ3n) is 6.57. The molecule has 3 aromatic rings. The molecule has 1 aliphatic rings. The van der Waals surface area contributed by atoms with E-state index in [9.17, 15) is 15.0 Å². The molecule has 1 heterocycles. The fourth-order valence-electron chi connectivity index (χ4n) is 4.50. The predicted octanol–water partition coefficient (Wildman–Crippen LogP) is 4.25. The zero-order chi connectivity index (χ0) is 24.9. The van der Waals surface area contributed by atoms with Crippen LogP contribution in [-0.2, 0) is 0 Å². The average Bonchev–Trinajstić information content (AvgIpc) is 2.87. The third-order valence-corrected chi connectivity index (χ3v) is 6.80. The van der Waals surface area contributed by atoms with E-state index in [0.29, 0.717) is 27.8 Å². The summed E-state index contributed by atoms with van der Waals surface area (Å²) in [5.41, 5.74) is 8.08. The number of amides is 1. The van der Waals surface area contributed by atoms with Gasteiger partial charge in [-0.3, -0.25) is 4.79 Å². The van der Waals surface area contributed by atoms with Crippen molar-refractivity contribution in [3.05, 3.63) is 76.3 Å².